The van der Waals surface area contributed by atoms with Gasteiger partial charge in [-0.05, 0) is 112 Å². The van der Waals surface area contributed by atoms with E-state index in [1.54, 1.807) is 0 Å². The number of anilines is 3. The van der Waals surface area contributed by atoms with Crippen LogP contribution in [0.25, 0.3) is 66.1 Å². The summed E-state index contributed by atoms with van der Waals surface area (Å²) in [6, 6.07) is 63.9. The summed E-state index contributed by atoms with van der Waals surface area (Å²) in [6.07, 6.45) is 4.85. The van der Waals surface area contributed by atoms with Gasteiger partial charge in [-0.25, -0.2) is 0 Å². The van der Waals surface area contributed by atoms with Crippen LogP contribution in [0, 0.1) is 0 Å². The molecule has 244 valence electrons. The molecular formula is C48H35NOS. The van der Waals surface area contributed by atoms with Gasteiger partial charge in [-0.1, -0.05) is 115 Å². The van der Waals surface area contributed by atoms with Crippen molar-refractivity contribution in [2.75, 3.05) is 17.4 Å². The summed E-state index contributed by atoms with van der Waals surface area (Å²) in [4.78, 5) is 5.20. The molecule has 0 bridgehead atoms. The molecule has 0 N–H and O–H groups in total. The summed E-state index contributed by atoms with van der Waals surface area (Å²) in [7, 11) is -1.32. The van der Waals surface area contributed by atoms with Crippen LogP contribution in [0.1, 0.15) is 0 Å². The lowest BCUT2D eigenvalue weighted by Gasteiger charge is -2.31. The van der Waals surface area contributed by atoms with Gasteiger partial charge in [0.25, 0.3) is 0 Å². The van der Waals surface area contributed by atoms with Gasteiger partial charge < -0.3 is 9.32 Å². The van der Waals surface area contributed by atoms with Gasteiger partial charge in [0.05, 0.1) is 0 Å². The smallest absolute Gasteiger partial charge is 0.144 e. The summed E-state index contributed by atoms with van der Waals surface area (Å²) in [6.45, 7) is 0. The van der Waals surface area contributed by atoms with Crippen LogP contribution >= 0.6 is 10.0 Å². The molecule has 9 aromatic rings. The van der Waals surface area contributed by atoms with E-state index >= 15 is 0 Å². The van der Waals surface area contributed by atoms with Gasteiger partial charge in [-0.2, -0.15) is 10.0 Å². The summed E-state index contributed by atoms with van der Waals surface area (Å²) < 4.78 is 6.60. The molecule has 0 amide bonds. The fraction of sp³-hybridized carbons (Fsp3) is 0.0417. The second-order valence-corrected chi connectivity index (χ2v) is 17.3. The van der Waals surface area contributed by atoms with E-state index in [-0.39, 0.29) is 0 Å². The van der Waals surface area contributed by atoms with Gasteiger partial charge in [-0.3, -0.25) is 0 Å². The van der Waals surface area contributed by atoms with Crippen LogP contribution in [-0.2, 0) is 0 Å². The minimum absolute atomic E-state index is 0.939. The minimum atomic E-state index is -1.32. The predicted molar refractivity (Wildman–Crippen MR) is 218 cm³/mol. The van der Waals surface area contributed by atoms with E-state index in [0.29, 0.717) is 0 Å². The third-order valence-electron chi connectivity index (χ3n) is 10.5. The number of furan rings is 1. The van der Waals surface area contributed by atoms with E-state index in [1.807, 2.05) is 0 Å². The lowest BCUT2D eigenvalue weighted by Crippen LogP contribution is -2.10. The lowest BCUT2D eigenvalue weighted by atomic mass is 9.99. The summed E-state index contributed by atoms with van der Waals surface area (Å²) >= 11 is 0. The van der Waals surface area contributed by atoms with E-state index in [2.05, 4.69) is 193 Å². The first-order chi connectivity index (χ1) is 25.0. The number of hydrogen-bond donors (Lipinski definition) is 0. The predicted octanol–water partition coefficient (Wildman–Crippen LogP) is 14.0. The number of nitrogens with zero attached hydrogens (tertiary/aromatic N) is 1. The molecule has 0 aliphatic carbocycles. The highest BCUT2D eigenvalue weighted by molar-refractivity contribution is 8.33. The van der Waals surface area contributed by atoms with Gasteiger partial charge >= 0.3 is 0 Å². The average molecular weight is 674 g/mol. The summed E-state index contributed by atoms with van der Waals surface area (Å²) in [5.41, 5.74) is 12.6. The molecule has 1 aliphatic heterocycles. The van der Waals surface area contributed by atoms with E-state index in [9.17, 15) is 0 Å². The van der Waals surface area contributed by atoms with Crippen LogP contribution in [0.3, 0.4) is 0 Å². The molecule has 1 aromatic heterocycles. The Hall–Kier alpha value is -6.03. The van der Waals surface area contributed by atoms with Crippen LogP contribution in [0.2, 0.25) is 0 Å². The monoisotopic (exact) mass is 673 g/mol. The first-order valence-electron chi connectivity index (χ1n) is 17.4. The second kappa shape index (κ2) is 11.5. The molecule has 8 aromatic carbocycles. The third-order valence-corrected chi connectivity index (χ3v) is 13.4. The quantitative estimate of drug-likeness (QED) is 0.181. The third kappa shape index (κ3) is 4.80. The standard InChI is InChI=1S/C48H35NOS/c1-51(2)45-27-26-42-41-20-8-9-21-44(41)50-48(42)47(45)43-25-24-40(31-46(43)51)49(38-18-10-16-35(29-38)32-12-4-3-5-13-32)39-19-11-17-36(30-39)37-23-22-33-14-6-7-15-34(33)28-37/h3-31H,1-2H3. The number of hydrogen-bond acceptors (Lipinski definition) is 2. The maximum absolute atomic E-state index is 6.60. The average Bonchev–Trinajstić information content (AvgIpc) is 3.67. The highest BCUT2D eigenvalue weighted by atomic mass is 32.3. The van der Waals surface area contributed by atoms with Crippen molar-refractivity contribution in [3.05, 3.63) is 176 Å². The molecule has 0 fully saturated rings. The van der Waals surface area contributed by atoms with Crippen molar-refractivity contribution in [1.82, 2.24) is 0 Å². The van der Waals surface area contributed by atoms with E-state index in [4.69, 9.17) is 4.42 Å². The highest BCUT2D eigenvalue weighted by Gasteiger charge is 2.35. The molecule has 0 spiro atoms. The first-order valence-corrected chi connectivity index (χ1v) is 19.8. The molecule has 2 nitrogen and oxygen atoms in total. The maximum Gasteiger partial charge on any atom is 0.144 e. The van der Waals surface area contributed by atoms with Crippen molar-refractivity contribution in [3.8, 4) is 33.4 Å². The fourth-order valence-electron chi connectivity index (χ4n) is 7.94. The van der Waals surface area contributed by atoms with Crippen LogP contribution in [0.15, 0.2) is 190 Å². The van der Waals surface area contributed by atoms with Gasteiger partial charge in [0.2, 0.25) is 0 Å². The maximum atomic E-state index is 6.60. The molecule has 51 heavy (non-hydrogen) atoms. The van der Waals surface area contributed by atoms with Crippen LogP contribution in [0.4, 0.5) is 17.1 Å². The Labute approximate surface area is 299 Å². The van der Waals surface area contributed by atoms with Gasteiger partial charge in [0.1, 0.15) is 11.2 Å². The fourth-order valence-corrected chi connectivity index (χ4v) is 10.4. The molecule has 3 heteroatoms. The molecule has 2 heterocycles. The number of para-hydroxylation sites is 1. The molecule has 10 rings (SSSR count). The molecular weight excluding hydrogens is 639 g/mol. The normalized spacial score (nSPS) is 13.7. The van der Waals surface area contributed by atoms with Gasteiger partial charge in [0, 0.05) is 43.2 Å². The minimum Gasteiger partial charge on any atom is -0.455 e. The van der Waals surface area contributed by atoms with E-state index in [1.165, 1.54) is 64.7 Å². The van der Waals surface area contributed by atoms with Gasteiger partial charge in [-0.15, -0.1) is 0 Å². The van der Waals surface area contributed by atoms with Crippen LogP contribution in [-0.4, -0.2) is 12.5 Å². The Morgan fingerprint density at radius 3 is 1.88 bits per heavy atom. The zero-order chi connectivity index (χ0) is 34.1. The number of benzene rings is 8. The van der Waals surface area contributed by atoms with Crippen molar-refractivity contribution in [1.29, 1.82) is 0 Å². The number of fused-ring (bicyclic) bond motifs is 8. The Morgan fingerprint density at radius 2 is 1.08 bits per heavy atom. The first kappa shape index (κ1) is 29.8. The van der Waals surface area contributed by atoms with Crippen molar-refractivity contribution in [2.45, 2.75) is 9.79 Å². The Bertz CT molecular complexity index is 2790. The van der Waals surface area contributed by atoms with E-state index < -0.39 is 10.0 Å². The molecule has 1 aliphatic rings. The van der Waals surface area contributed by atoms with E-state index in [0.717, 1.165) is 28.2 Å². The molecule has 0 saturated heterocycles. The molecule has 0 atom stereocenters. The zero-order valence-electron chi connectivity index (χ0n) is 28.5. The lowest BCUT2D eigenvalue weighted by molar-refractivity contribution is 0.669. The van der Waals surface area contributed by atoms with Crippen LogP contribution in [0.5, 0.6) is 0 Å². The van der Waals surface area contributed by atoms with Crippen molar-refractivity contribution in [3.63, 3.8) is 0 Å². The second-order valence-electron chi connectivity index (χ2n) is 13.8. The molecule has 0 unspecified atom stereocenters. The molecule has 0 radical (unpaired) electrons. The number of rotatable bonds is 5. The van der Waals surface area contributed by atoms with Gasteiger partial charge in [0.15, 0.2) is 0 Å². The van der Waals surface area contributed by atoms with Crippen LogP contribution < -0.4 is 4.90 Å². The largest absolute Gasteiger partial charge is 0.455 e. The Kier molecular flexibility index (Phi) is 6.74. The zero-order valence-corrected chi connectivity index (χ0v) is 29.3. The summed E-state index contributed by atoms with van der Waals surface area (Å²) in [5, 5.41) is 4.85. The summed E-state index contributed by atoms with van der Waals surface area (Å²) in [5.74, 6) is 0. The Morgan fingerprint density at radius 1 is 0.431 bits per heavy atom. The Balaban J connectivity index is 1.16. The van der Waals surface area contributed by atoms with Crippen molar-refractivity contribution >= 4 is 59.8 Å². The highest BCUT2D eigenvalue weighted by Crippen LogP contribution is 2.69. The topological polar surface area (TPSA) is 16.4 Å². The molecule has 0 saturated carbocycles. The van der Waals surface area contributed by atoms with Crippen molar-refractivity contribution < 1.29 is 4.42 Å². The van der Waals surface area contributed by atoms with Crippen molar-refractivity contribution in [2.24, 2.45) is 0 Å². The SMILES string of the molecule is CS1(C)c2cc(N(c3cccc(-c4ccccc4)c3)c3cccc(-c4ccc5ccccc5c4)c3)ccc2-c2c1ccc1c2oc2ccccc21.